The maximum absolute atomic E-state index is 12.4. The van der Waals surface area contributed by atoms with Crippen LogP contribution in [0.25, 0.3) is 28.6 Å². The van der Waals surface area contributed by atoms with Crippen LogP contribution in [0, 0.1) is 0 Å². The molecule has 0 spiro atoms. The number of methoxy groups -OCH3 is 1. The second-order valence-corrected chi connectivity index (χ2v) is 7.25. The van der Waals surface area contributed by atoms with Gasteiger partial charge in [0, 0.05) is 17.8 Å². The standard InChI is InChI=1S/C25H21ClN2O4/c1-3-31-21-12-8-16(14-23(21)30-2)9-13-24(29)27-17-10-11-20-22(15-17)32-25(28-20)18-6-4-5-7-19(18)26/h4-15H,3H2,1-2H3,(H,27,29)/b13-9+. The summed E-state index contributed by atoms with van der Waals surface area (Å²) < 4.78 is 16.7. The second-order valence-electron chi connectivity index (χ2n) is 6.85. The lowest BCUT2D eigenvalue weighted by molar-refractivity contribution is -0.111. The summed E-state index contributed by atoms with van der Waals surface area (Å²) in [6.45, 7) is 2.45. The molecule has 7 heteroatoms. The summed E-state index contributed by atoms with van der Waals surface area (Å²) in [5.41, 5.74) is 3.35. The predicted octanol–water partition coefficient (Wildman–Crippen LogP) is 6.21. The van der Waals surface area contributed by atoms with Gasteiger partial charge in [-0.1, -0.05) is 29.8 Å². The summed E-state index contributed by atoms with van der Waals surface area (Å²) in [5.74, 6) is 1.43. The molecule has 1 aromatic heterocycles. The highest BCUT2D eigenvalue weighted by Gasteiger charge is 2.12. The molecule has 4 aromatic rings. The molecular weight excluding hydrogens is 428 g/mol. The zero-order valence-electron chi connectivity index (χ0n) is 17.6. The molecule has 0 aliphatic heterocycles. The first-order valence-electron chi connectivity index (χ1n) is 10.0. The Morgan fingerprint density at radius 1 is 1.12 bits per heavy atom. The normalized spacial score (nSPS) is 11.1. The van der Waals surface area contributed by atoms with Crippen LogP contribution in [-0.4, -0.2) is 24.6 Å². The molecule has 0 radical (unpaired) electrons. The molecule has 0 saturated heterocycles. The monoisotopic (exact) mass is 448 g/mol. The topological polar surface area (TPSA) is 73.6 Å². The number of carbonyl (C=O) groups excluding carboxylic acids is 1. The van der Waals surface area contributed by atoms with Gasteiger partial charge in [-0.05, 0) is 55.0 Å². The average Bonchev–Trinajstić information content (AvgIpc) is 3.22. The van der Waals surface area contributed by atoms with E-state index in [0.717, 1.165) is 5.56 Å². The van der Waals surface area contributed by atoms with Crippen LogP contribution >= 0.6 is 11.6 Å². The number of carbonyl (C=O) groups is 1. The fraction of sp³-hybridized carbons (Fsp3) is 0.120. The second kappa shape index (κ2) is 9.58. The van der Waals surface area contributed by atoms with Gasteiger partial charge in [0.05, 0.1) is 24.3 Å². The minimum atomic E-state index is -0.275. The van der Waals surface area contributed by atoms with Crippen molar-refractivity contribution in [3.63, 3.8) is 0 Å². The number of nitrogens with one attached hydrogen (secondary N) is 1. The van der Waals surface area contributed by atoms with E-state index in [1.54, 1.807) is 37.5 Å². The quantitative estimate of drug-likeness (QED) is 0.340. The number of rotatable bonds is 7. The predicted molar refractivity (Wildman–Crippen MR) is 126 cm³/mol. The number of nitrogens with zero attached hydrogens (tertiary/aromatic N) is 1. The van der Waals surface area contributed by atoms with Crippen molar-refractivity contribution in [3.05, 3.63) is 77.3 Å². The van der Waals surface area contributed by atoms with Crippen LogP contribution in [0.15, 0.2) is 71.2 Å². The summed E-state index contributed by atoms with van der Waals surface area (Å²) in [4.78, 5) is 16.9. The number of anilines is 1. The molecule has 162 valence electrons. The number of amides is 1. The number of fused-ring (bicyclic) bond motifs is 1. The number of hydrogen-bond acceptors (Lipinski definition) is 5. The molecule has 6 nitrogen and oxygen atoms in total. The zero-order valence-corrected chi connectivity index (χ0v) is 18.3. The molecule has 0 unspecified atom stereocenters. The Balaban J connectivity index is 1.48. The van der Waals surface area contributed by atoms with E-state index < -0.39 is 0 Å². The largest absolute Gasteiger partial charge is 0.493 e. The van der Waals surface area contributed by atoms with Crippen molar-refractivity contribution >= 4 is 40.4 Å². The summed E-state index contributed by atoms with van der Waals surface area (Å²) in [6.07, 6.45) is 3.16. The lowest BCUT2D eigenvalue weighted by Gasteiger charge is -2.09. The molecule has 0 atom stereocenters. The van der Waals surface area contributed by atoms with Gasteiger partial charge in [-0.25, -0.2) is 4.98 Å². The third-order valence-electron chi connectivity index (χ3n) is 4.67. The summed E-state index contributed by atoms with van der Waals surface area (Å²) in [5, 5.41) is 3.39. The van der Waals surface area contributed by atoms with E-state index in [9.17, 15) is 4.79 Å². The molecule has 0 saturated carbocycles. The lowest BCUT2D eigenvalue weighted by atomic mass is 10.2. The highest BCUT2D eigenvalue weighted by atomic mass is 35.5. The molecule has 4 rings (SSSR count). The smallest absolute Gasteiger partial charge is 0.248 e. The van der Waals surface area contributed by atoms with Crippen LogP contribution < -0.4 is 14.8 Å². The Morgan fingerprint density at radius 2 is 1.97 bits per heavy atom. The maximum Gasteiger partial charge on any atom is 0.248 e. The van der Waals surface area contributed by atoms with Crippen LogP contribution in [0.4, 0.5) is 5.69 Å². The minimum Gasteiger partial charge on any atom is -0.493 e. The first-order chi connectivity index (χ1) is 15.6. The van der Waals surface area contributed by atoms with Gasteiger partial charge in [0.1, 0.15) is 5.52 Å². The molecule has 32 heavy (non-hydrogen) atoms. The molecule has 3 aromatic carbocycles. The van der Waals surface area contributed by atoms with Crippen molar-refractivity contribution in [2.45, 2.75) is 6.92 Å². The first-order valence-corrected chi connectivity index (χ1v) is 10.4. The number of ether oxygens (including phenoxy) is 2. The fourth-order valence-electron chi connectivity index (χ4n) is 3.17. The summed E-state index contributed by atoms with van der Waals surface area (Å²) in [6, 6.07) is 18.1. The van der Waals surface area contributed by atoms with Gasteiger partial charge >= 0.3 is 0 Å². The van der Waals surface area contributed by atoms with E-state index in [2.05, 4.69) is 10.3 Å². The SMILES string of the molecule is CCOc1ccc(/C=C/C(=O)Nc2ccc3nc(-c4ccccc4Cl)oc3c2)cc1OC. The molecule has 0 aliphatic carbocycles. The van der Waals surface area contributed by atoms with Crippen LogP contribution in [0.2, 0.25) is 5.02 Å². The van der Waals surface area contributed by atoms with Crippen molar-refractivity contribution in [3.8, 4) is 23.0 Å². The van der Waals surface area contributed by atoms with Gasteiger partial charge < -0.3 is 19.2 Å². The van der Waals surface area contributed by atoms with E-state index in [0.29, 0.717) is 51.4 Å². The third kappa shape index (κ3) is 4.76. The van der Waals surface area contributed by atoms with Crippen LogP contribution in [-0.2, 0) is 4.79 Å². The summed E-state index contributed by atoms with van der Waals surface area (Å²) >= 11 is 6.24. The molecule has 1 amide bonds. The van der Waals surface area contributed by atoms with Gasteiger partial charge in [0.15, 0.2) is 17.1 Å². The van der Waals surface area contributed by atoms with E-state index in [4.69, 9.17) is 25.5 Å². The zero-order chi connectivity index (χ0) is 22.5. The Morgan fingerprint density at radius 3 is 2.75 bits per heavy atom. The maximum atomic E-state index is 12.4. The van der Waals surface area contributed by atoms with Gasteiger partial charge in [0.2, 0.25) is 11.8 Å². The van der Waals surface area contributed by atoms with E-state index in [-0.39, 0.29) is 5.91 Å². The highest BCUT2D eigenvalue weighted by Crippen LogP contribution is 2.31. The number of oxazole rings is 1. The third-order valence-corrected chi connectivity index (χ3v) is 5.00. The number of hydrogen-bond donors (Lipinski definition) is 1. The van der Waals surface area contributed by atoms with Gasteiger partial charge in [0.25, 0.3) is 0 Å². The number of benzene rings is 3. The van der Waals surface area contributed by atoms with Crippen LogP contribution in [0.3, 0.4) is 0 Å². The first kappa shape index (κ1) is 21.5. The summed E-state index contributed by atoms with van der Waals surface area (Å²) in [7, 11) is 1.58. The Labute approximate surface area is 190 Å². The van der Waals surface area contributed by atoms with Crippen LogP contribution in [0.1, 0.15) is 12.5 Å². The minimum absolute atomic E-state index is 0.275. The molecule has 0 fully saturated rings. The Bertz CT molecular complexity index is 1300. The van der Waals surface area contributed by atoms with Crippen LogP contribution in [0.5, 0.6) is 11.5 Å². The van der Waals surface area contributed by atoms with Gasteiger partial charge in [-0.3, -0.25) is 4.79 Å². The molecule has 1 heterocycles. The Hall–Kier alpha value is -3.77. The van der Waals surface area contributed by atoms with Crippen molar-refractivity contribution in [2.24, 2.45) is 0 Å². The van der Waals surface area contributed by atoms with E-state index >= 15 is 0 Å². The average molecular weight is 449 g/mol. The lowest BCUT2D eigenvalue weighted by Crippen LogP contribution is -2.07. The Kier molecular flexibility index (Phi) is 6.42. The van der Waals surface area contributed by atoms with Crippen molar-refractivity contribution in [1.29, 1.82) is 0 Å². The van der Waals surface area contributed by atoms with E-state index in [1.807, 2.05) is 43.3 Å². The van der Waals surface area contributed by atoms with Gasteiger partial charge in [-0.15, -0.1) is 0 Å². The van der Waals surface area contributed by atoms with E-state index in [1.165, 1.54) is 6.08 Å². The highest BCUT2D eigenvalue weighted by molar-refractivity contribution is 6.33. The molecule has 1 N–H and O–H groups in total. The molecular formula is C25H21ClN2O4. The van der Waals surface area contributed by atoms with Crippen molar-refractivity contribution < 1.29 is 18.7 Å². The number of aromatic nitrogens is 1. The molecule has 0 bridgehead atoms. The van der Waals surface area contributed by atoms with Crippen molar-refractivity contribution in [2.75, 3.05) is 19.0 Å². The number of halogens is 1. The van der Waals surface area contributed by atoms with Gasteiger partial charge in [-0.2, -0.15) is 0 Å². The molecule has 0 aliphatic rings. The fourth-order valence-corrected chi connectivity index (χ4v) is 3.39. The van der Waals surface area contributed by atoms with Crippen molar-refractivity contribution in [1.82, 2.24) is 4.98 Å².